The summed E-state index contributed by atoms with van der Waals surface area (Å²) in [5.41, 5.74) is 3.17. The average molecular weight is 541 g/mol. The number of nitrogens with zero attached hydrogens (tertiary/aromatic N) is 4. The Morgan fingerprint density at radius 1 is 1.15 bits per heavy atom. The molecule has 0 spiro atoms. The fourth-order valence-corrected chi connectivity index (χ4v) is 4.85. The standard InChI is InChI=1S/C29H31F3N4O3/c1-4-38-28(37)16-21(20-13-22(29(30,31)32)17-24(14-20)33-2)15-25-18-27(36(3)35-25)39-12-11-23-10-9-19-7-5-6-8-26(19)34-23/h9-10,13-14,17-18,21H,4-8,11-12,15-16H2,1,3H3. The maximum atomic E-state index is 13.5. The molecule has 0 fully saturated rings. The van der Waals surface area contributed by atoms with Crippen molar-refractivity contribution in [2.45, 2.75) is 64.0 Å². The summed E-state index contributed by atoms with van der Waals surface area (Å²) in [4.78, 5) is 20.3. The SMILES string of the molecule is [C-]#[N+]c1cc(C(CC(=O)OCC)Cc2cc(OCCc3ccc4c(n3)CCCC4)n(C)n2)cc(C(F)(F)F)c1. The molecule has 0 aliphatic heterocycles. The molecule has 0 bridgehead atoms. The lowest BCUT2D eigenvalue weighted by atomic mass is 9.89. The molecule has 1 aliphatic rings. The minimum absolute atomic E-state index is 0.144. The molecule has 0 N–H and O–H groups in total. The molecule has 1 aliphatic carbocycles. The quantitative estimate of drug-likeness (QED) is 0.227. The maximum Gasteiger partial charge on any atom is 0.415 e. The summed E-state index contributed by atoms with van der Waals surface area (Å²) >= 11 is 0. The van der Waals surface area contributed by atoms with Gasteiger partial charge in [-0.25, -0.2) is 9.53 Å². The number of benzene rings is 1. The first kappa shape index (κ1) is 28.1. The molecule has 2 aromatic heterocycles. The van der Waals surface area contributed by atoms with E-state index in [-0.39, 0.29) is 30.7 Å². The van der Waals surface area contributed by atoms with Crippen LogP contribution in [0.5, 0.6) is 5.88 Å². The normalized spacial score (nSPS) is 13.8. The molecule has 0 radical (unpaired) electrons. The van der Waals surface area contributed by atoms with Crippen LogP contribution in [0, 0.1) is 6.57 Å². The Bertz CT molecular complexity index is 1360. The van der Waals surface area contributed by atoms with E-state index in [1.165, 1.54) is 23.7 Å². The average Bonchev–Trinajstić information content (AvgIpc) is 3.26. The number of hydrogen-bond acceptors (Lipinski definition) is 5. The van der Waals surface area contributed by atoms with Gasteiger partial charge in [0, 0.05) is 36.5 Å². The summed E-state index contributed by atoms with van der Waals surface area (Å²) in [5.74, 6) is -0.702. The Kier molecular flexibility index (Phi) is 8.90. The molecular weight excluding hydrogens is 509 g/mol. The van der Waals surface area contributed by atoms with Crippen molar-refractivity contribution in [3.8, 4) is 5.88 Å². The first-order chi connectivity index (χ1) is 18.7. The number of fused-ring (bicyclic) bond motifs is 1. The Labute approximate surface area is 225 Å². The molecule has 2 heterocycles. The molecule has 206 valence electrons. The lowest BCUT2D eigenvalue weighted by Gasteiger charge is -2.18. The Morgan fingerprint density at radius 2 is 1.95 bits per heavy atom. The van der Waals surface area contributed by atoms with E-state index < -0.39 is 23.6 Å². The van der Waals surface area contributed by atoms with E-state index in [0.29, 0.717) is 24.6 Å². The number of hydrogen-bond donors (Lipinski definition) is 0. The number of halogens is 3. The van der Waals surface area contributed by atoms with Crippen molar-refractivity contribution in [3.05, 3.63) is 81.6 Å². The predicted octanol–water partition coefficient (Wildman–Crippen LogP) is 6.16. The van der Waals surface area contributed by atoms with Crippen LogP contribution >= 0.6 is 0 Å². The number of rotatable bonds is 10. The van der Waals surface area contributed by atoms with Crippen LogP contribution in [-0.4, -0.2) is 33.9 Å². The molecule has 4 rings (SSSR count). The second-order valence-corrected chi connectivity index (χ2v) is 9.64. The lowest BCUT2D eigenvalue weighted by molar-refractivity contribution is -0.143. The topological polar surface area (TPSA) is 70.6 Å². The summed E-state index contributed by atoms with van der Waals surface area (Å²) in [6.45, 7) is 9.45. The van der Waals surface area contributed by atoms with Crippen LogP contribution in [0.25, 0.3) is 4.85 Å². The third-order valence-corrected chi connectivity index (χ3v) is 6.77. The molecule has 1 aromatic carbocycles. The smallest absolute Gasteiger partial charge is 0.415 e. The van der Waals surface area contributed by atoms with Crippen LogP contribution in [0.15, 0.2) is 36.4 Å². The molecule has 1 atom stereocenters. The fraction of sp³-hybridized carbons (Fsp3) is 0.448. The molecule has 0 saturated carbocycles. The molecule has 7 nitrogen and oxygen atoms in total. The van der Waals surface area contributed by atoms with Crippen LogP contribution in [-0.2, 0) is 48.4 Å². The zero-order chi connectivity index (χ0) is 28.0. The third kappa shape index (κ3) is 7.37. The van der Waals surface area contributed by atoms with Gasteiger partial charge in [-0.3, -0.25) is 9.78 Å². The van der Waals surface area contributed by atoms with E-state index in [2.05, 4.69) is 16.0 Å². The van der Waals surface area contributed by atoms with Gasteiger partial charge in [0.2, 0.25) is 5.88 Å². The van der Waals surface area contributed by atoms with Gasteiger partial charge in [0.05, 0.1) is 31.9 Å². The fourth-order valence-electron chi connectivity index (χ4n) is 4.85. The Morgan fingerprint density at radius 3 is 2.69 bits per heavy atom. The number of aryl methyl sites for hydroxylation is 3. The van der Waals surface area contributed by atoms with Crippen LogP contribution in [0.4, 0.5) is 18.9 Å². The van der Waals surface area contributed by atoms with Crippen LogP contribution in [0.1, 0.15) is 65.9 Å². The maximum absolute atomic E-state index is 13.5. The summed E-state index contributed by atoms with van der Waals surface area (Å²) < 4.78 is 53.1. The van der Waals surface area contributed by atoms with Gasteiger partial charge in [0.1, 0.15) is 0 Å². The van der Waals surface area contributed by atoms with Crippen LogP contribution in [0.3, 0.4) is 0 Å². The van der Waals surface area contributed by atoms with E-state index in [1.807, 2.05) is 6.07 Å². The van der Waals surface area contributed by atoms with Gasteiger partial charge in [-0.15, -0.1) is 0 Å². The first-order valence-electron chi connectivity index (χ1n) is 13.0. The lowest BCUT2D eigenvalue weighted by Crippen LogP contribution is -2.14. The highest BCUT2D eigenvalue weighted by atomic mass is 19.4. The number of pyridine rings is 1. The molecule has 3 aromatic rings. The van der Waals surface area contributed by atoms with Crippen molar-refractivity contribution in [1.82, 2.24) is 14.8 Å². The van der Waals surface area contributed by atoms with E-state index in [4.69, 9.17) is 21.0 Å². The zero-order valence-electron chi connectivity index (χ0n) is 22.1. The third-order valence-electron chi connectivity index (χ3n) is 6.77. The molecule has 1 unspecified atom stereocenters. The molecule has 0 amide bonds. The Hall–Kier alpha value is -3.87. The van der Waals surface area contributed by atoms with Gasteiger partial charge in [0.15, 0.2) is 5.69 Å². The van der Waals surface area contributed by atoms with E-state index in [1.54, 1.807) is 24.7 Å². The van der Waals surface area contributed by atoms with E-state index in [0.717, 1.165) is 37.1 Å². The number of carbonyl (C=O) groups excluding carboxylic acids is 1. The van der Waals surface area contributed by atoms with Gasteiger partial charge in [-0.2, -0.15) is 18.3 Å². The van der Waals surface area contributed by atoms with E-state index >= 15 is 0 Å². The predicted molar refractivity (Wildman–Crippen MR) is 139 cm³/mol. The monoisotopic (exact) mass is 540 g/mol. The van der Waals surface area contributed by atoms with Crippen molar-refractivity contribution < 1.29 is 27.4 Å². The zero-order valence-corrected chi connectivity index (χ0v) is 22.1. The van der Waals surface area contributed by atoms with Crippen molar-refractivity contribution in [1.29, 1.82) is 0 Å². The van der Waals surface area contributed by atoms with Gasteiger partial charge < -0.3 is 9.47 Å². The van der Waals surface area contributed by atoms with Gasteiger partial charge in [0.25, 0.3) is 0 Å². The number of aromatic nitrogens is 3. The highest BCUT2D eigenvalue weighted by Gasteiger charge is 2.32. The summed E-state index contributed by atoms with van der Waals surface area (Å²) in [6, 6.07) is 9.09. The highest BCUT2D eigenvalue weighted by Crippen LogP contribution is 2.36. The summed E-state index contributed by atoms with van der Waals surface area (Å²) in [6.07, 6.45) is 0.471. The second kappa shape index (κ2) is 12.3. The molecule has 10 heteroatoms. The number of esters is 1. The largest absolute Gasteiger partial charge is 0.477 e. The van der Waals surface area contributed by atoms with Crippen LogP contribution in [0.2, 0.25) is 0 Å². The summed E-state index contributed by atoms with van der Waals surface area (Å²) in [7, 11) is 1.72. The number of alkyl halides is 3. The van der Waals surface area contributed by atoms with Gasteiger partial charge in [-0.1, -0.05) is 17.7 Å². The van der Waals surface area contributed by atoms with Crippen LogP contribution < -0.4 is 4.74 Å². The minimum Gasteiger partial charge on any atom is -0.477 e. The van der Waals surface area contributed by atoms with Gasteiger partial charge >= 0.3 is 12.1 Å². The minimum atomic E-state index is -4.62. The van der Waals surface area contributed by atoms with Crippen molar-refractivity contribution in [2.75, 3.05) is 13.2 Å². The molecular formula is C29H31F3N4O3. The number of ether oxygens (including phenoxy) is 2. The van der Waals surface area contributed by atoms with E-state index in [9.17, 15) is 18.0 Å². The molecule has 39 heavy (non-hydrogen) atoms. The number of carbonyl (C=O) groups is 1. The van der Waals surface area contributed by atoms with Gasteiger partial charge in [-0.05, 0) is 68.7 Å². The van der Waals surface area contributed by atoms with Crippen molar-refractivity contribution >= 4 is 11.7 Å². The summed E-state index contributed by atoms with van der Waals surface area (Å²) in [5, 5.41) is 4.47. The Balaban J connectivity index is 1.49. The highest BCUT2D eigenvalue weighted by molar-refractivity contribution is 5.71. The first-order valence-corrected chi connectivity index (χ1v) is 13.0. The second-order valence-electron chi connectivity index (χ2n) is 9.64. The van der Waals surface area contributed by atoms with Crippen molar-refractivity contribution in [3.63, 3.8) is 0 Å². The van der Waals surface area contributed by atoms with Crippen molar-refractivity contribution in [2.24, 2.45) is 7.05 Å². The molecule has 0 saturated heterocycles.